The molecule has 0 unspecified atom stereocenters. The van der Waals surface area contributed by atoms with Crippen molar-refractivity contribution in [3.05, 3.63) is 60.2 Å². The highest BCUT2D eigenvalue weighted by molar-refractivity contribution is 5.78. The van der Waals surface area contributed by atoms with Gasteiger partial charge in [-0.2, -0.15) is 0 Å². The number of nitrogens with zero attached hydrogens (tertiary/aromatic N) is 1. The van der Waals surface area contributed by atoms with E-state index in [0.29, 0.717) is 12.3 Å². The standard InChI is InChI=1S/C21H25NO3/c1-24-19-9-7-17(8-10-19)15-21(23)22-13-11-18(12-14-22)16-25-20-5-3-2-4-6-20/h2-10,18H,11-16H2,1H3. The minimum absolute atomic E-state index is 0.201. The molecule has 25 heavy (non-hydrogen) atoms. The fraction of sp³-hybridized carbons (Fsp3) is 0.381. The molecule has 1 amide bonds. The van der Waals surface area contributed by atoms with E-state index in [1.807, 2.05) is 59.5 Å². The summed E-state index contributed by atoms with van der Waals surface area (Å²) < 4.78 is 11.0. The summed E-state index contributed by atoms with van der Waals surface area (Å²) in [5, 5.41) is 0. The molecule has 0 spiro atoms. The molecule has 0 saturated carbocycles. The van der Waals surface area contributed by atoms with Crippen LogP contribution in [0.4, 0.5) is 0 Å². The van der Waals surface area contributed by atoms with Gasteiger partial charge in [0.2, 0.25) is 5.91 Å². The predicted molar refractivity (Wildman–Crippen MR) is 97.9 cm³/mol. The van der Waals surface area contributed by atoms with Crippen LogP contribution < -0.4 is 9.47 Å². The van der Waals surface area contributed by atoms with Crippen LogP contribution >= 0.6 is 0 Å². The van der Waals surface area contributed by atoms with Crippen molar-refractivity contribution in [3.8, 4) is 11.5 Å². The van der Waals surface area contributed by atoms with Gasteiger partial charge < -0.3 is 14.4 Å². The minimum Gasteiger partial charge on any atom is -0.497 e. The van der Waals surface area contributed by atoms with Crippen LogP contribution in [-0.4, -0.2) is 37.6 Å². The van der Waals surface area contributed by atoms with E-state index in [1.165, 1.54) is 0 Å². The van der Waals surface area contributed by atoms with Crippen LogP contribution in [0.5, 0.6) is 11.5 Å². The van der Waals surface area contributed by atoms with Crippen LogP contribution in [0.2, 0.25) is 0 Å². The number of rotatable bonds is 6. The number of hydrogen-bond acceptors (Lipinski definition) is 3. The van der Waals surface area contributed by atoms with E-state index >= 15 is 0 Å². The first-order chi connectivity index (χ1) is 12.2. The average Bonchev–Trinajstić information content (AvgIpc) is 2.68. The van der Waals surface area contributed by atoms with E-state index < -0.39 is 0 Å². The average molecular weight is 339 g/mol. The Balaban J connectivity index is 1.42. The number of methoxy groups -OCH3 is 1. The van der Waals surface area contributed by atoms with Crippen molar-refractivity contribution in [3.63, 3.8) is 0 Å². The number of ether oxygens (including phenoxy) is 2. The summed E-state index contributed by atoms with van der Waals surface area (Å²) in [5.41, 5.74) is 1.03. The largest absolute Gasteiger partial charge is 0.497 e. The normalized spacial score (nSPS) is 15.0. The van der Waals surface area contributed by atoms with Crippen molar-refractivity contribution in [2.75, 3.05) is 26.8 Å². The minimum atomic E-state index is 0.201. The first-order valence-corrected chi connectivity index (χ1v) is 8.83. The number of para-hydroxylation sites is 1. The molecule has 2 aromatic carbocycles. The summed E-state index contributed by atoms with van der Waals surface area (Å²) in [4.78, 5) is 14.4. The van der Waals surface area contributed by atoms with Crippen LogP contribution in [0.1, 0.15) is 18.4 Å². The van der Waals surface area contributed by atoms with E-state index in [2.05, 4.69) is 0 Å². The number of carbonyl (C=O) groups is 1. The topological polar surface area (TPSA) is 38.8 Å². The quantitative estimate of drug-likeness (QED) is 0.808. The fourth-order valence-electron chi connectivity index (χ4n) is 3.11. The van der Waals surface area contributed by atoms with Gasteiger partial charge in [-0.05, 0) is 48.6 Å². The van der Waals surface area contributed by atoms with E-state index in [1.54, 1.807) is 7.11 Å². The third-order valence-electron chi connectivity index (χ3n) is 4.71. The molecular weight excluding hydrogens is 314 g/mol. The lowest BCUT2D eigenvalue weighted by molar-refractivity contribution is -0.132. The van der Waals surface area contributed by atoms with Gasteiger partial charge in [-0.25, -0.2) is 0 Å². The molecule has 0 atom stereocenters. The van der Waals surface area contributed by atoms with Gasteiger partial charge in [-0.3, -0.25) is 4.79 Å². The lowest BCUT2D eigenvalue weighted by atomic mass is 9.97. The summed E-state index contributed by atoms with van der Waals surface area (Å²) in [6.45, 7) is 2.36. The highest BCUT2D eigenvalue weighted by Gasteiger charge is 2.23. The van der Waals surface area contributed by atoms with E-state index in [0.717, 1.165) is 49.6 Å². The van der Waals surface area contributed by atoms with Gasteiger partial charge in [-0.15, -0.1) is 0 Å². The monoisotopic (exact) mass is 339 g/mol. The molecule has 0 aliphatic carbocycles. The van der Waals surface area contributed by atoms with E-state index in [-0.39, 0.29) is 5.91 Å². The molecule has 1 aliphatic rings. The molecule has 3 rings (SSSR count). The Morgan fingerprint density at radius 3 is 2.32 bits per heavy atom. The highest BCUT2D eigenvalue weighted by atomic mass is 16.5. The Hall–Kier alpha value is -2.49. The van der Waals surface area contributed by atoms with Gasteiger partial charge in [0.15, 0.2) is 0 Å². The summed E-state index contributed by atoms with van der Waals surface area (Å²) in [6.07, 6.45) is 2.46. The maximum atomic E-state index is 12.5. The van der Waals surface area contributed by atoms with Gasteiger partial charge in [0.25, 0.3) is 0 Å². The zero-order chi connectivity index (χ0) is 17.5. The summed E-state index contributed by atoms with van der Waals surface area (Å²) in [5.74, 6) is 2.45. The van der Waals surface area contributed by atoms with E-state index in [4.69, 9.17) is 9.47 Å². The third kappa shape index (κ3) is 4.99. The fourth-order valence-corrected chi connectivity index (χ4v) is 3.11. The van der Waals surface area contributed by atoms with Crippen molar-refractivity contribution < 1.29 is 14.3 Å². The van der Waals surface area contributed by atoms with Crippen molar-refractivity contribution in [1.82, 2.24) is 4.90 Å². The first-order valence-electron chi connectivity index (χ1n) is 8.83. The summed E-state index contributed by atoms with van der Waals surface area (Å²) >= 11 is 0. The highest BCUT2D eigenvalue weighted by Crippen LogP contribution is 2.20. The molecule has 1 aliphatic heterocycles. The molecule has 4 heteroatoms. The number of benzene rings is 2. The van der Waals surface area contributed by atoms with Crippen LogP contribution in [0.25, 0.3) is 0 Å². The van der Waals surface area contributed by atoms with Gasteiger partial charge in [0.1, 0.15) is 11.5 Å². The molecule has 0 radical (unpaired) electrons. The number of hydrogen-bond donors (Lipinski definition) is 0. The molecule has 0 bridgehead atoms. The lowest BCUT2D eigenvalue weighted by Crippen LogP contribution is -2.40. The maximum absolute atomic E-state index is 12.5. The number of piperidine rings is 1. The van der Waals surface area contributed by atoms with Gasteiger partial charge in [0, 0.05) is 13.1 Å². The Labute approximate surface area is 149 Å². The Bertz CT molecular complexity index is 661. The maximum Gasteiger partial charge on any atom is 0.226 e. The smallest absolute Gasteiger partial charge is 0.226 e. The zero-order valence-corrected chi connectivity index (χ0v) is 14.7. The molecular formula is C21H25NO3. The van der Waals surface area contributed by atoms with Crippen molar-refractivity contribution in [1.29, 1.82) is 0 Å². The van der Waals surface area contributed by atoms with Crippen LogP contribution in [-0.2, 0) is 11.2 Å². The van der Waals surface area contributed by atoms with E-state index in [9.17, 15) is 4.79 Å². The molecule has 132 valence electrons. The Morgan fingerprint density at radius 1 is 1.00 bits per heavy atom. The molecule has 4 nitrogen and oxygen atoms in total. The van der Waals surface area contributed by atoms with Crippen LogP contribution in [0.15, 0.2) is 54.6 Å². The van der Waals surface area contributed by atoms with Gasteiger partial charge >= 0.3 is 0 Å². The second-order valence-corrected chi connectivity index (χ2v) is 6.47. The van der Waals surface area contributed by atoms with Crippen LogP contribution in [0.3, 0.4) is 0 Å². The number of carbonyl (C=O) groups excluding carboxylic acids is 1. The molecule has 2 aromatic rings. The number of likely N-dealkylation sites (tertiary alicyclic amines) is 1. The lowest BCUT2D eigenvalue weighted by Gasteiger charge is -2.32. The SMILES string of the molecule is COc1ccc(CC(=O)N2CCC(COc3ccccc3)CC2)cc1. The van der Waals surface area contributed by atoms with Gasteiger partial charge in [-0.1, -0.05) is 30.3 Å². The van der Waals surface area contributed by atoms with Gasteiger partial charge in [0.05, 0.1) is 20.1 Å². The number of amides is 1. The zero-order valence-electron chi connectivity index (χ0n) is 14.7. The molecule has 0 N–H and O–H groups in total. The second kappa shape index (κ2) is 8.56. The molecule has 1 heterocycles. The van der Waals surface area contributed by atoms with Crippen molar-refractivity contribution in [2.24, 2.45) is 5.92 Å². The predicted octanol–water partition coefficient (Wildman–Crippen LogP) is 3.56. The summed E-state index contributed by atoms with van der Waals surface area (Å²) in [6, 6.07) is 17.6. The second-order valence-electron chi connectivity index (χ2n) is 6.47. The molecule has 0 aromatic heterocycles. The first kappa shape index (κ1) is 17.3. The van der Waals surface area contributed by atoms with Crippen molar-refractivity contribution >= 4 is 5.91 Å². The Morgan fingerprint density at radius 2 is 1.68 bits per heavy atom. The molecule has 1 saturated heterocycles. The third-order valence-corrected chi connectivity index (χ3v) is 4.71. The van der Waals surface area contributed by atoms with Crippen LogP contribution in [0, 0.1) is 5.92 Å². The van der Waals surface area contributed by atoms with Crippen molar-refractivity contribution in [2.45, 2.75) is 19.3 Å². The summed E-state index contributed by atoms with van der Waals surface area (Å²) in [7, 11) is 1.64. The molecule has 1 fully saturated rings. The Kier molecular flexibility index (Phi) is 5.94.